The maximum atomic E-state index is 9.70. The molecule has 0 aliphatic heterocycles. The molecule has 0 aliphatic carbocycles. The molecule has 2 N–H and O–H groups in total. The van der Waals surface area contributed by atoms with Crippen LogP contribution in [0.1, 0.15) is 90.2 Å². The molecule has 1 heterocycles. The zero-order valence-electron chi connectivity index (χ0n) is 28.4. The summed E-state index contributed by atoms with van der Waals surface area (Å²) in [5.41, 5.74) is 3.84. The normalized spacial score (nSPS) is 10.2. The van der Waals surface area contributed by atoms with Gasteiger partial charge in [0.05, 0.1) is 26.5 Å². The number of aryl methyl sites for hydroxylation is 2. The first-order valence-corrected chi connectivity index (χ1v) is 16.6. The number of nitrogens with zero attached hydrogens (tertiary/aromatic N) is 3. The van der Waals surface area contributed by atoms with Gasteiger partial charge >= 0.3 is 0 Å². The average Bonchev–Trinajstić information content (AvgIpc) is 3.10. The molecule has 8 heteroatoms. The van der Waals surface area contributed by atoms with E-state index in [9.17, 15) is 10.2 Å². The zero-order chi connectivity index (χ0) is 33.4. The molecule has 0 amide bonds. The van der Waals surface area contributed by atoms with Gasteiger partial charge in [0.2, 0.25) is 0 Å². The number of hydrogen-bond donors (Lipinski definition) is 2. The molecule has 0 saturated carbocycles. The third-order valence-corrected chi connectivity index (χ3v) is 7.29. The van der Waals surface area contributed by atoms with E-state index in [1.165, 1.54) is 38.5 Å². The Labute approximate surface area is 275 Å². The van der Waals surface area contributed by atoms with Crippen LogP contribution in [0.4, 0.5) is 0 Å². The van der Waals surface area contributed by atoms with Crippen LogP contribution < -0.4 is 14.2 Å². The minimum Gasteiger partial charge on any atom is -0.504 e. The zero-order valence-corrected chi connectivity index (χ0v) is 28.4. The van der Waals surface area contributed by atoms with Gasteiger partial charge in [0.25, 0.3) is 0 Å². The number of rotatable bonds is 16. The Kier molecular flexibility index (Phi) is 19.0. The number of ether oxygens (including phenoxy) is 3. The second-order valence-corrected chi connectivity index (χ2v) is 10.8. The third kappa shape index (κ3) is 13.3. The quantitative estimate of drug-likeness (QED) is 0.118. The lowest BCUT2D eigenvalue weighted by atomic mass is 10.1. The van der Waals surface area contributed by atoms with Crippen LogP contribution in [0.2, 0.25) is 0 Å². The fourth-order valence-corrected chi connectivity index (χ4v) is 4.68. The van der Waals surface area contributed by atoms with Crippen LogP contribution in [-0.4, -0.2) is 45.9 Å². The van der Waals surface area contributed by atoms with Crippen LogP contribution in [0.15, 0.2) is 72.9 Å². The number of unbranched alkanes of at least 4 members (excludes halogenated alkanes) is 6. The van der Waals surface area contributed by atoms with E-state index in [-0.39, 0.29) is 11.5 Å². The summed E-state index contributed by atoms with van der Waals surface area (Å²) in [4.78, 5) is 0. The SMILES string of the molecule is CCCCCCOc1c(O)cccc1CC.CCCCCCOc1c(O)cccc1CC.COc1ccccc1-c1ccnnn1. The number of phenolic OH excluding ortho intramolecular Hbond substituents is 2. The van der Waals surface area contributed by atoms with Crippen LogP contribution >= 0.6 is 0 Å². The molecule has 4 aromatic rings. The molecule has 250 valence electrons. The van der Waals surface area contributed by atoms with Crippen LogP contribution in [0, 0.1) is 0 Å². The molecule has 0 atom stereocenters. The number of para-hydroxylation sites is 3. The number of aromatic nitrogens is 3. The Hall–Kier alpha value is -4.33. The van der Waals surface area contributed by atoms with Crippen molar-refractivity contribution in [3.8, 4) is 40.0 Å². The van der Waals surface area contributed by atoms with E-state index in [1.807, 2.05) is 48.5 Å². The second kappa shape index (κ2) is 23.1. The molecule has 46 heavy (non-hydrogen) atoms. The second-order valence-electron chi connectivity index (χ2n) is 10.8. The van der Waals surface area contributed by atoms with E-state index in [0.29, 0.717) is 24.7 Å². The molecule has 0 unspecified atom stereocenters. The lowest BCUT2D eigenvalue weighted by molar-refractivity contribution is 0.286. The fourth-order valence-electron chi connectivity index (χ4n) is 4.68. The van der Waals surface area contributed by atoms with E-state index >= 15 is 0 Å². The molecule has 1 aromatic heterocycles. The molecule has 0 aliphatic rings. The Morgan fingerprint density at radius 1 is 0.609 bits per heavy atom. The number of phenols is 2. The van der Waals surface area contributed by atoms with Gasteiger partial charge in [-0.3, -0.25) is 0 Å². The molecule has 3 aromatic carbocycles. The van der Waals surface area contributed by atoms with Crippen molar-refractivity contribution < 1.29 is 24.4 Å². The van der Waals surface area contributed by atoms with Crippen molar-refractivity contribution in [1.29, 1.82) is 0 Å². The lowest BCUT2D eigenvalue weighted by Crippen LogP contribution is -2.00. The predicted molar refractivity (Wildman–Crippen MR) is 186 cm³/mol. The minimum absolute atomic E-state index is 0.259. The lowest BCUT2D eigenvalue weighted by Gasteiger charge is -2.11. The van der Waals surface area contributed by atoms with Crippen molar-refractivity contribution in [3.63, 3.8) is 0 Å². The summed E-state index contributed by atoms with van der Waals surface area (Å²) in [6.45, 7) is 9.92. The summed E-state index contributed by atoms with van der Waals surface area (Å²) >= 11 is 0. The van der Waals surface area contributed by atoms with Gasteiger partial charge in [0, 0.05) is 5.56 Å². The monoisotopic (exact) mass is 631 g/mol. The van der Waals surface area contributed by atoms with Gasteiger partial charge in [-0.25, -0.2) is 0 Å². The number of aromatic hydroxyl groups is 2. The van der Waals surface area contributed by atoms with Crippen molar-refractivity contribution in [2.45, 2.75) is 91.9 Å². The summed E-state index contributed by atoms with van der Waals surface area (Å²) in [5, 5.41) is 30.5. The van der Waals surface area contributed by atoms with Crippen molar-refractivity contribution >= 4 is 0 Å². The standard InChI is InChI=1S/2C14H22O2.C10H9N3O/c2*1-3-5-6-7-11-16-14-12(4-2)9-8-10-13(14)15;1-14-10-5-3-2-4-8(10)9-6-7-11-13-12-9/h2*8-10,15H,3-7,11H2,1-2H3;2-7H,1H3. The van der Waals surface area contributed by atoms with E-state index < -0.39 is 0 Å². The summed E-state index contributed by atoms with van der Waals surface area (Å²) in [7, 11) is 1.63. The van der Waals surface area contributed by atoms with Crippen LogP contribution in [0.5, 0.6) is 28.7 Å². The number of benzene rings is 3. The maximum absolute atomic E-state index is 9.70. The molecular weight excluding hydrogens is 578 g/mol. The van der Waals surface area contributed by atoms with Crippen LogP contribution in [0.3, 0.4) is 0 Å². The molecule has 4 rings (SSSR count). The van der Waals surface area contributed by atoms with Crippen molar-refractivity contribution in [1.82, 2.24) is 15.4 Å². The smallest absolute Gasteiger partial charge is 0.164 e. The first kappa shape index (κ1) is 37.9. The molecule has 0 radical (unpaired) electrons. The fraction of sp³-hybridized carbons (Fsp3) is 0.447. The Morgan fingerprint density at radius 2 is 1.15 bits per heavy atom. The first-order valence-electron chi connectivity index (χ1n) is 16.6. The highest BCUT2D eigenvalue weighted by atomic mass is 16.5. The maximum Gasteiger partial charge on any atom is 0.164 e. The van der Waals surface area contributed by atoms with Crippen molar-refractivity contribution in [2.75, 3.05) is 20.3 Å². The van der Waals surface area contributed by atoms with Crippen LogP contribution in [0.25, 0.3) is 11.3 Å². The van der Waals surface area contributed by atoms with E-state index in [4.69, 9.17) is 14.2 Å². The third-order valence-electron chi connectivity index (χ3n) is 7.29. The van der Waals surface area contributed by atoms with Crippen LogP contribution in [-0.2, 0) is 12.8 Å². The summed E-state index contributed by atoms with van der Waals surface area (Å²) < 4.78 is 16.5. The Balaban J connectivity index is 0.000000241. The van der Waals surface area contributed by atoms with Gasteiger partial charge in [-0.2, -0.15) is 0 Å². The highest BCUT2D eigenvalue weighted by Crippen LogP contribution is 2.31. The van der Waals surface area contributed by atoms with Crippen molar-refractivity contribution in [3.05, 3.63) is 84.1 Å². The molecule has 0 spiro atoms. The van der Waals surface area contributed by atoms with Gasteiger partial charge < -0.3 is 24.4 Å². The summed E-state index contributed by atoms with van der Waals surface area (Å²) in [6.07, 6.45) is 12.9. The Bertz CT molecular complexity index is 1300. The van der Waals surface area contributed by atoms with Gasteiger partial charge in [0.15, 0.2) is 23.0 Å². The Morgan fingerprint density at radius 3 is 1.61 bits per heavy atom. The highest BCUT2D eigenvalue weighted by molar-refractivity contribution is 5.66. The number of hydrogen-bond acceptors (Lipinski definition) is 8. The molecule has 0 bridgehead atoms. The molecule has 0 fully saturated rings. The van der Waals surface area contributed by atoms with Gasteiger partial charge in [-0.05, 0) is 72.4 Å². The minimum atomic E-state index is 0.259. The largest absolute Gasteiger partial charge is 0.504 e. The van der Waals surface area contributed by atoms with E-state index in [1.54, 1.807) is 31.5 Å². The molecular formula is C38H53N3O5. The summed E-state index contributed by atoms with van der Waals surface area (Å²) in [5.74, 6) is 2.64. The average molecular weight is 632 g/mol. The highest BCUT2D eigenvalue weighted by Gasteiger charge is 2.08. The predicted octanol–water partition coefficient (Wildman–Crippen LogP) is 9.37. The van der Waals surface area contributed by atoms with Gasteiger partial charge in [0.1, 0.15) is 11.4 Å². The van der Waals surface area contributed by atoms with Crippen molar-refractivity contribution in [2.24, 2.45) is 0 Å². The van der Waals surface area contributed by atoms with Gasteiger partial charge in [-0.15, -0.1) is 10.2 Å². The van der Waals surface area contributed by atoms with E-state index in [0.717, 1.165) is 53.8 Å². The van der Waals surface area contributed by atoms with Gasteiger partial charge in [-0.1, -0.05) is 103 Å². The summed E-state index contributed by atoms with van der Waals surface area (Å²) in [6, 6.07) is 20.5. The molecule has 0 saturated heterocycles. The van der Waals surface area contributed by atoms with E-state index in [2.05, 4.69) is 43.1 Å². The molecule has 8 nitrogen and oxygen atoms in total. The first-order chi connectivity index (χ1) is 22.5. The number of methoxy groups -OCH3 is 1. The topological polar surface area (TPSA) is 107 Å².